The number of hydrogen-bond acceptors (Lipinski definition) is 4. The summed E-state index contributed by atoms with van der Waals surface area (Å²) in [5, 5.41) is 26.3. The molecule has 0 saturated heterocycles. The SMILES string of the molecule is N#Cc1ccc(N2N=C3c4ccc(O)cc4CC[C@H]3[C@H]2c2ccc(F)cc2)cc1Cl. The molecule has 148 valence electrons. The molecule has 0 fully saturated rings. The van der Waals surface area contributed by atoms with Gasteiger partial charge in [0.25, 0.3) is 0 Å². The zero-order valence-corrected chi connectivity index (χ0v) is 16.6. The molecule has 0 saturated carbocycles. The second-order valence-corrected chi connectivity index (χ2v) is 8.00. The Balaban J connectivity index is 1.65. The molecule has 4 nitrogen and oxygen atoms in total. The highest BCUT2D eigenvalue weighted by Crippen LogP contribution is 2.46. The second kappa shape index (κ2) is 7.16. The van der Waals surface area contributed by atoms with Crippen molar-refractivity contribution in [3.63, 3.8) is 0 Å². The molecule has 1 N–H and O–H groups in total. The lowest BCUT2D eigenvalue weighted by atomic mass is 9.77. The fourth-order valence-electron chi connectivity index (χ4n) is 4.46. The molecule has 1 heterocycles. The number of fused-ring (bicyclic) bond motifs is 3. The third-order valence-electron chi connectivity index (χ3n) is 5.85. The Morgan fingerprint density at radius 3 is 2.63 bits per heavy atom. The Labute approximate surface area is 178 Å². The maximum atomic E-state index is 13.6. The number of aryl methyl sites for hydroxylation is 1. The maximum Gasteiger partial charge on any atom is 0.123 e. The lowest BCUT2D eigenvalue weighted by Crippen LogP contribution is -2.28. The Hall–Kier alpha value is -3.36. The van der Waals surface area contributed by atoms with Crippen molar-refractivity contribution in [2.75, 3.05) is 5.01 Å². The zero-order valence-electron chi connectivity index (χ0n) is 15.9. The first kappa shape index (κ1) is 18.7. The van der Waals surface area contributed by atoms with Crippen LogP contribution < -0.4 is 5.01 Å². The van der Waals surface area contributed by atoms with Crippen LogP contribution in [0.25, 0.3) is 0 Å². The predicted molar refractivity (Wildman–Crippen MR) is 114 cm³/mol. The van der Waals surface area contributed by atoms with E-state index in [-0.39, 0.29) is 23.5 Å². The van der Waals surface area contributed by atoms with Gasteiger partial charge < -0.3 is 5.11 Å². The topological polar surface area (TPSA) is 59.6 Å². The first-order valence-electron chi connectivity index (χ1n) is 9.70. The third kappa shape index (κ3) is 3.01. The highest BCUT2D eigenvalue weighted by Gasteiger charge is 2.42. The Kier molecular flexibility index (Phi) is 4.45. The number of phenolic OH excluding ortho intramolecular Hbond substituents is 1. The number of hydrogen-bond donors (Lipinski definition) is 1. The minimum absolute atomic E-state index is 0.113. The average molecular weight is 418 g/mol. The monoisotopic (exact) mass is 417 g/mol. The summed E-state index contributed by atoms with van der Waals surface area (Å²) in [6, 6.07) is 19.1. The number of nitrogens with zero attached hydrogens (tertiary/aromatic N) is 3. The van der Waals surface area contributed by atoms with Crippen molar-refractivity contribution in [2.24, 2.45) is 11.0 Å². The van der Waals surface area contributed by atoms with Gasteiger partial charge in [-0.3, -0.25) is 5.01 Å². The summed E-state index contributed by atoms with van der Waals surface area (Å²) >= 11 is 6.30. The van der Waals surface area contributed by atoms with Crippen LogP contribution in [0.3, 0.4) is 0 Å². The standard InChI is InChI=1S/C24H17ClFN3O/c25-22-12-18(7-3-16(22)13-27)29-24(14-1-5-17(26)6-2-14)21-9-4-15-11-19(30)8-10-20(15)23(21)28-29/h1-3,5-8,10-12,21,24,30H,4,9H2/t21-,24-/m1/s1. The summed E-state index contributed by atoms with van der Waals surface area (Å²) in [7, 11) is 0. The van der Waals surface area contributed by atoms with Crippen molar-refractivity contribution >= 4 is 23.0 Å². The second-order valence-electron chi connectivity index (χ2n) is 7.59. The van der Waals surface area contributed by atoms with Crippen LogP contribution in [-0.4, -0.2) is 10.8 Å². The molecule has 1 aliphatic carbocycles. The molecule has 0 unspecified atom stereocenters. The molecular weight excluding hydrogens is 401 g/mol. The van der Waals surface area contributed by atoms with Gasteiger partial charge in [0.15, 0.2) is 0 Å². The van der Waals surface area contributed by atoms with Gasteiger partial charge >= 0.3 is 0 Å². The van der Waals surface area contributed by atoms with E-state index in [0.29, 0.717) is 10.6 Å². The summed E-state index contributed by atoms with van der Waals surface area (Å²) in [4.78, 5) is 0. The molecule has 0 spiro atoms. The molecule has 3 aromatic carbocycles. The van der Waals surface area contributed by atoms with Crippen LogP contribution in [0.2, 0.25) is 5.02 Å². The van der Waals surface area contributed by atoms with E-state index >= 15 is 0 Å². The predicted octanol–water partition coefficient (Wildman–Crippen LogP) is 5.58. The quantitative estimate of drug-likeness (QED) is 0.591. The molecule has 6 heteroatoms. The van der Waals surface area contributed by atoms with Crippen LogP contribution in [0.5, 0.6) is 5.75 Å². The zero-order chi connectivity index (χ0) is 20.8. The van der Waals surface area contributed by atoms with E-state index in [1.807, 2.05) is 17.1 Å². The fourth-order valence-corrected chi connectivity index (χ4v) is 4.67. The minimum atomic E-state index is -0.282. The first-order chi connectivity index (χ1) is 14.5. The molecule has 0 amide bonds. The summed E-state index contributed by atoms with van der Waals surface area (Å²) in [6.45, 7) is 0. The van der Waals surface area contributed by atoms with Crippen LogP contribution in [0.1, 0.15) is 34.7 Å². The highest BCUT2D eigenvalue weighted by atomic mass is 35.5. The van der Waals surface area contributed by atoms with Crippen molar-refractivity contribution in [1.29, 1.82) is 5.26 Å². The summed E-state index contributed by atoms with van der Waals surface area (Å²) in [5.41, 5.74) is 5.19. The molecule has 0 aromatic heterocycles. The summed E-state index contributed by atoms with van der Waals surface area (Å²) in [6.07, 6.45) is 1.69. The number of anilines is 1. The molecule has 0 bridgehead atoms. The van der Waals surface area contributed by atoms with Crippen molar-refractivity contribution < 1.29 is 9.50 Å². The van der Waals surface area contributed by atoms with E-state index in [0.717, 1.165) is 40.9 Å². The number of phenols is 1. The number of halogens is 2. The maximum absolute atomic E-state index is 13.6. The van der Waals surface area contributed by atoms with Crippen LogP contribution in [0, 0.1) is 23.1 Å². The highest BCUT2D eigenvalue weighted by molar-refractivity contribution is 6.32. The van der Waals surface area contributed by atoms with Gasteiger partial charge in [-0.2, -0.15) is 10.4 Å². The smallest absolute Gasteiger partial charge is 0.123 e. The molecular formula is C24H17ClFN3O. The average Bonchev–Trinajstić information content (AvgIpc) is 3.14. The Bertz CT molecular complexity index is 1220. The van der Waals surface area contributed by atoms with Crippen molar-refractivity contribution in [3.8, 4) is 11.8 Å². The number of aromatic hydroxyl groups is 1. The van der Waals surface area contributed by atoms with Gasteiger partial charge in [-0.15, -0.1) is 0 Å². The van der Waals surface area contributed by atoms with Gasteiger partial charge in [0.1, 0.15) is 17.6 Å². The molecule has 0 radical (unpaired) electrons. The number of rotatable bonds is 2. The van der Waals surface area contributed by atoms with E-state index in [2.05, 4.69) is 6.07 Å². The fraction of sp³-hybridized carbons (Fsp3) is 0.167. The van der Waals surface area contributed by atoms with Gasteiger partial charge in [-0.25, -0.2) is 4.39 Å². The Morgan fingerprint density at radius 2 is 1.90 bits per heavy atom. The van der Waals surface area contributed by atoms with Crippen molar-refractivity contribution in [1.82, 2.24) is 0 Å². The van der Waals surface area contributed by atoms with E-state index in [1.165, 1.54) is 12.1 Å². The number of hydrazone groups is 1. The first-order valence-corrected chi connectivity index (χ1v) is 10.1. The lowest BCUT2D eigenvalue weighted by Gasteiger charge is -2.30. The van der Waals surface area contributed by atoms with Crippen molar-refractivity contribution in [2.45, 2.75) is 18.9 Å². The molecule has 30 heavy (non-hydrogen) atoms. The number of benzene rings is 3. The molecule has 2 atom stereocenters. The summed E-state index contributed by atoms with van der Waals surface area (Å²) < 4.78 is 13.6. The van der Waals surface area contributed by atoms with Gasteiger partial charge in [-0.1, -0.05) is 23.7 Å². The van der Waals surface area contributed by atoms with Crippen LogP contribution in [0.15, 0.2) is 65.8 Å². The Morgan fingerprint density at radius 1 is 1.10 bits per heavy atom. The van der Waals surface area contributed by atoms with Crippen molar-refractivity contribution in [3.05, 3.63) is 93.8 Å². The van der Waals surface area contributed by atoms with Crippen LogP contribution in [-0.2, 0) is 6.42 Å². The normalized spacial score (nSPS) is 19.6. The molecule has 3 aromatic rings. The van der Waals surface area contributed by atoms with Crippen LogP contribution in [0.4, 0.5) is 10.1 Å². The van der Waals surface area contributed by atoms with E-state index in [4.69, 9.17) is 16.7 Å². The largest absolute Gasteiger partial charge is 0.508 e. The van der Waals surface area contributed by atoms with Gasteiger partial charge in [0, 0.05) is 11.5 Å². The van der Waals surface area contributed by atoms with Gasteiger partial charge in [0.2, 0.25) is 0 Å². The van der Waals surface area contributed by atoms with Gasteiger partial charge in [0.05, 0.1) is 28.0 Å². The van der Waals surface area contributed by atoms with E-state index < -0.39 is 0 Å². The van der Waals surface area contributed by atoms with E-state index in [1.54, 1.807) is 36.4 Å². The molecule has 2 aliphatic rings. The number of nitriles is 1. The van der Waals surface area contributed by atoms with E-state index in [9.17, 15) is 14.8 Å². The molecule has 1 aliphatic heterocycles. The summed E-state index contributed by atoms with van der Waals surface area (Å²) in [5.74, 6) is 0.0776. The lowest BCUT2D eigenvalue weighted by molar-refractivity contribution is 0.472. The van der Waals surface area contributed by atoms with Crippen LogP contribution >= 0.6 is 11.6 Å². The van der Waals surface area contributed by atoms with Gasteiger partial charge in [-0.05, 0) is 72.5 Å². The third-order valence-corrected chi connectivity index (χ3v) is 6.16. The molecule has 5 rings (SSSR count). The minimum Gasteiger partial charge on any atom is -0.508 e.